The van der Waals surface area contributed by atoms with Gasteiger partial charge in [-0.1, -0.05) is 11.6 Å². The number of pyridine rings is 1. The highest BCUT2D eigenvalue weighted by atomic mass is 79.9. The molecule has 0 aliphatic heterocycles. The van der Waals surface area contributed by atoms with Gasteiger partial charge in [0.1, 0.15) is 16.5 Å². The molecular weight excluding hydrogens is 387 g/mol. The number of rotatable bonds is 4. The fourth-order valence-electron chi connectivity index (χ4n) is 1.56. The molecule has 0 aliphatic rings. The second-order valence-electron chi connectivity index (χ2n) is 4.00. The topological polar surface area (TPSA) is 79.3 Å². The monoisotopic (exact) mass is 394 g/mol. The van der Waals surface area contributed by atoms with Gasteiger partial charge in [-0.05, 0) is 40.2 Å². The largest absolute Gasteiger partial charge is 0.392 e. The maximum Gasteiger partial charge on any atom is 0.266 e. The standard InChI is InChI=1S/C12H9BrClFN2O3S/c13-8-1-2-11(16-5-8)17-21(19,20)10-4-9(14)3-7(6-18)12(10)15/h1-5,18H,6H2,(H,16,17). The Kier molecular flexibility index (Phi) is 4.82. The Morgan fingerprint density at radius 3 is 2.67 bits per heavy atom. The predicted molar refractivity (Wildman–Crippen MR) is 80.1 cm³/mol. The van der Waals surface area contributed by atoms with Gasteiger partial charge in [-0.15, -0.1) is 0 Å². The Labute approximate surface area is 134 Å². The molecule has 1 heterocycles. The zero-order chi connectivity index (χ0) is 15.6. The van der Waals surface area contributed by atoms with E-state index in [4.69, 9.17) is 16.7 Å². The number of sulfonamides is 1. The Morgan fingerprint density at radius 2 is 2.10 bits per heavy atom. The fraction of sp³-hybridized carbons (Fsp3) is 0.0833. The molecule has 2 rings (SSSR count). The van der Waals surface area contributed by atoms with Crippen molar-refractivity contribution in [1.29, 1.82) is 0 Å². The number of hydrogen-bond acceptors (Lipinski definition) is 4. The molecule has 5 nitrogen and oxygen atoms in total. The van der Waals surface area contributed by atoms with Crippen LogP contribution < -0.4 is 4.72 Å². The molecule has 0 bridgehead atoms. The van der Waals surface area contributed by atoms with Gasteiger partial charge in [-0.3, -0.25) is 4.72 Å². The highest BCUT2D eigenvalue weighted by Crippen LogP contribution is 2.25. The molecule has 21 heavy (non-hydrogen) atoms. The first-order valence-corrected chi connectivity index (χ1v) is 8.22. The van der Waals surface area contributed by atoms with E-state index in [1.54, 1.807) is 6.07 Å². The Morgan fingerprint density at radius 1 is 1.38 bits per heavy atom. The van der Waals surface area contributed by atoms with Gasteiger partial charge in [-0.2, -0.15) is 0 Å². The summed E-state index contributed by atoms with van der Waals surface area (Å²) in [5.74, 6) is -1.02. The molecular formula is C12H9BrClFN2O3S. The minimum atomic E-state index is -4.21. The number of nitrogens with one attached hydrogen (secondary N) is 1. The first-order valence-electron chi connectivity index (χ1n) is 5.56. The number of halogens is 3. The minimum absolute atomic E-state index is 0.00425. The molecule has 2 aromatic rings. The number of aromatic nitrogens is 1. The van der Waals surface area contributed by atoms with E-state index in [2.05, 4.69) is 25.6 Å². The average molecular weight is 396 g/mol. The summed E-state index contributed by atoms with van der Waals surface area (Å²) >= 11 is 8.90. The molecule has 0 fully saturated rings. The molecule has 1 aromatic heterocycles. The van der Waals surface area contributed by atoms with Gasteiger partial charge in [0.25, 0.3) is 10.0 Å². The summed E-state index contributed by atoms with van der Waals surface area (Å²) in [5, 5.41) is 9.03. The zero-order valence-electron chi connectivity index (χ0n) is 10.3. The van der Waals surface area contributed by atoms with Crippen LogP contribution in [0.25, 0.3) is 0 Å². The zero-order valence-corrected chi connectivity index (χ0v) is 13.5. The van der Waals surface area contributed by atoms with Crippen LogP contribution in [-0.4, -0.2) is 18.5 Å². The maximum absolute atomic E-state index is 14.0. The van der Waals surface area contributed by atoms with Crippen molar-refractivity contribution in [2.24, 2.45) is 0 Å². The fourth-order valence-corrected chi connectivity index (χ4v) is 3.25. The molecule has 0 saturated heterocycles. The molecule has 0 radical (unpaired) electrons. The smallest absolute Gasteiger partial charge is 0.266 e. The number of aliphatic hydroxyl groups excluding tert-OH is 1. The van der Waals surface area contributed by atoms with E-state index < -0.39 is 27.3 Å². The second-order valence-corrected chi connectivity index (χ2v) is 7.01. The van der Waals surface area contributed by atoms with Crippen molar-refractivity contribution in [2.75, 3.05) is 4.72 Å². The SMILES string of the molecule is O=S(=O)(Nc1ccc(Br)cn1)c1cc(Cl)cc(CO)c1F. The Hall–Kier alpha value is -1.22. The maximum atomic E-state index is 14.0. The lowest BCUT2D eigenvalue weighted by Gasteiger charge is -2.10. The van der Waals surface area contributed by atoms with Crippen LogP contribution in [-0.2, 0) is 16.6 Å². The molecule has 2 N–H and O–H groups in total. The third kappa shape index (κ3) is 3.70. The van der Waals surface area contributed by atoms with Crippen molar-refractivity contribution in [3.05, 3.63) is 51.3 Å². The lowest BCUT2D eigenvalue weighted by Crippen LogP contribution is -2.16. The molecule has 112 valence electrons. The summed E-state index contributed by atoms with van der Waals surface area (Å²) < 4.78 is 41.2. The molecule has 0 amide bonds. The van der Waals surface area contributed by atoms with Gasteiger partial charge in [0, 0.05) is 21.3 Å². The molecule has 0 unspecified atom stereocenters. The average Bonchev–Trinajstić information content (AvgIpc) is 2.43. The number of aliphatic hydroxyl groups is 1. The summed E-state index contributed by atoms with van der Waals surface area (Å²) in [6.45, 7) is -0.661. The number of hydrogen-bond donors (Lipinski definition) is 2. The molecule has 1 aromatic carbocycles. The van der Waals surface area contributed by atoms with Gasteiger partial charge in [0.15, 0.2) is 0 Å². The predicted octanol–water partition coefficient (Wildman–Crippen LogP) is 2.93. The van der Waals surface area contributed by atoms with Gasteiger partial charge in [0.05, 0.1) is 6.61 Å². The van der Waals surface area contributed by atoms with Crippen LogP contribution in [0.1, 0.15) is 5.56 Å². The molecule has 0 aliphatic carbocycles. The van der Waals surface area contributed by atoms with Crippen molar-refractivity contribution >= 4 is 43.4 Å². The Bertz CT molecular complexity index is 769. The van der Waals surface area contributed by atoms with Gasteiger partial charge < -0.3 is 5.11 Å². The van der Waals surface area contributed by atoms with E-state index in [0.717, 1.165) is 12.1 Å². The van der Waals surface area contributed by atoms with Crippen LogP contribution in [0.15, 0.2) is 39.8 Å². The number of anilines is 1. The van der Waals surface area contributed by atoms with Crippen LogP contribution in [0.3, 0.4) is 0 Å². The van der Waals surface area contributed by atoms with Crippen LogP contribution in [0, 0.1) is 5.82 Å². The molecule has 0 atom stereocenters. The lowest BCUT2D eigenvalue weighted by molar-refractivity contribution is 0.274. The number of benzene rings is 1. The second kappa shape index (κ2) is 6.27. The molecule has 0 saturated carbocycles. The summed E-state index contributed by atoms with van der Waals surface area (Å²) in [6, 6.07) is 5.13. The van der Waals surface area contributed by atoms with Crippen molar-refractivity contribution in [1.82, 2.24) is 4.98 Å². The minimum Gasteiger partial charge on any atom is -0.392 e. The third-order valence-corrected chi connectivity index (χ3v) is 4.55. The quantitative estimate of drug-likeness (QED) is 0.834. The van der Waals surface area contributed by atoms with Crippen LogP contribution >= 0.6 is 27.5 Å². The van der Waals surface area contributed by atoms with Gasteiger partial charge in [0.2, 0.25) is 0 Å². The first kappa shape index (κ1) is 16.2. The van der Waals surface area contributed by atoms with Crippen molar-refractivity contribution < 1.29 is 17.9 Å². The highest BCUT2D eigenvalue weighted by molar-refractivity contribution is 9.10. The summed E-state index contributed by atoms with van der Waals surface area (Å²) in [7, 11) is -4.21. The summed E-state index contributed by atoms with van der Waals surface area (Å²) in [6.07, 6.45) is 1.39. The van der Waals surface area contributed by atoms with E-state index >= 15 is 0 Å². The van der Waals surface area contributed by atoms with Crippen molar-refractivity contribution in [3.8, 4) is 0 Å². The van der Waals surface area contributed by atoms with Crippen LogP contribution in [0.4, 0.5) is 10.2 Å². The van der Waals surface area contributed by atoms with Crippen molar-refractivity contribution in [3.63, 3.8) is 0 Å². The van der Waals surface area contributed by atoms with Crippen molar-refractivity contribution in [2.45, 2.75) is 11.5 Å². The summed E-state index contributed by atoms with van der Waals surface area (Å²) in [5.41, 5.74) is -0.202. The van der Waals surface area contributed by atoms with E-state index in [0.29, 0.717) is 4.47 Å². The van der Waals surface area contributed by atoms with Crippen LogP contribution in [0.2, 0.25) is 5.02 Å². The summed E-state index contributed by atoms with van der Waals surface area (Å²) in [4.78, 5) is 3.19. The van der Waals surface area contributed by atoms with Gasteiger partial charge >= 0.3 is 0 Å². The number of nitrogens with zero attached hydrogens (tertiary/aromatic N) is 1. The lowest BCUT2D eigenvalue weighted by atomic mass is 10.2. The van der Waals surface area contributed by atoms with E-state index in [-0.39, 0.29) is 16.4 Å². The Balaban J connectivity index is 2.44. The highest BCUT2D eigenvalue weighted by Gasteiger charge is 2.23. The molecule has 0 spiro atoms. The van der Waals surface area contributed by atoms with Crippen LogP contribution in [0.5, 0.6) is 0 Å². The van der Waals surface area contributed by atoms with Gasteiger partial charge in [-0.25, -0.2) is 17.8 Å². The van der Waals surface area contributed by atoms with E-state index in [9.17, 15) is 12.8 Å². The van der Waals surface area contributed by atoms with E-state index in [1.807, 2.05) is 0 Å². The normalized spacial score (nSPS) is 11.4. The first-order chi connectivity index (χ1) is 9.83. The van der Waals surface area contributed by atoms with E-state index in [1.165, 1.54) is 12.3 Å². The molecule has 9 heteroatoms. The third-order valence-electron chi connectivity index (χ3n) is 2.51.